The standard InChI is InChI=1S/C14H15ClN4O2/c1-21-8-9-4-2-3-5-11(9)17-14(20)13-10(15)6-7-12(18-13)19-16/h2-7H,8,16H2,1H3,(H,17,20)(H,18,19). The lowest BCUT2D eigenvalue weighted by molar-refractivity contribution is 0.102. The van der Waals surface area contributed by atoms with Gasteiger partial charge in [0.05, 0.1) is 11.6 Å². The van der Waals surface area contributed by atoms with Crippen molar-refractivity contribution in [3.05, 3.63) is 52.7 Å². The van der Waals surface area contributed by atoms with Gasteiger partial charge in [-0.15, -0.1) is 0 Å². The van der Waals surface area contributed by atoms with E-state index in [0.717, 1.165) is 5.56 Å². The van der Waals surface area contributed by atoms with E-state index >= 15 is 0 Å². The van der Waals surface area contributed by atoms with Crippen molar-refractivity contribution >= 4 is 29.0 Å². The predicted molar refractivity (Wildman–Crippen MR) is 82.2 cm³/mol. The average Bonchev–Trinajstić information content (AvgIpc) is 2.50. The Morgan fingerprint density at radius 3 is 2.81 bits per heavy atom. The van der Waals surface area contributed by atoms with Crippen molar-refractivity contribution in [2.75, 3.05) is 17.9 Å². The molecule has 0 aliphatic heterocycles. The normalized spacial score (nSPS) is 10.2. The Labute approximate surface area is 127 Å². The Morgan fingerprint density at radius 1 is 1.33 bits per heavy atom. The number of benzene rings is 1. The molecule has 6 nitrogen and oxygen atoms in total. The summed E-state index contributed by atoms with van der Waals surface area (Å²) in [6, 6.07) is 10.5. The molecule has 0 fully saturated rings. The van der Waals surface area contributed by atoms with Gasteiger partial charge in [0.2, 0.25) is 0 Å². The highest BCUT2D eigenvalue weighted by Gasteiger charge is 2.14. The third-order valence-corrected chi connectivity index (χ3v) is 3.08. The summed E-state index contributed by atoms with van der Waals surface area (Å²) in [5.74, 6) is 5.22. The zero-order valence-electron chi connectivity index (χ0n) is 11.4. The van der Waals surface area contributed by atoms with Crippen molar-refractivity contribution in [3.8, 4) is 0 Å². The SMILES string of the molecule is COCc1ccccc1NC(=O)c1nc(NN)ccc1Cl. The number of nitrogens with two attached hydrogens (primary N) is 1. The molecule has 0 aliphatic carbocycles. The number of rotatable bonds is 5. The van der Waals surface area contributed by atoms with Gasteiger partial charge in [-0.3, -0.25) is 4.79 Å². The Hall–Kier alpha value is -2.15. The van der Waals surface area contributed by atoms with E-state index in [1.54, 1.807) is 25.3 Å². The second-order valence-corrected chi connectivity index (χ2v) is 4.62. The molecule has 2 aromatic rings. The fourth-order valence-electron chi connectivity index (χ4n) is 1.79. The molecule has 1 aromatic heterocycles. The molecule has 7 heteroatoms. The monoisotopic (exact) mass is 306 g/mol. The van der Waals surface area contributed by atoms with Gasteiger partial charge < -0.3 is 15.5 Å². The lowest BCUT2D eigenvalue weighted by atomic mass is 10.2. The Bertz CT molecular complexity index is 649. The number of carbonyl (C=O) groups excluding carboxylic acids is 1. The van der Waals surface area contributed by atoms with Crippen LogP contribution >= 0.6 is 11.6 Å². The molecule has 0 unspecified atom stereocenters. The molecule has 1 heterocycles. The van der Waals surface area contributed by atoms with Crippen molar-refractivity contribution in [1.82, 2.24) is 4.98 Å². The first-order chi connectivity index (χ1) is 10.2. The second-order valence-electron chi connectivity index (χ2n) is 4.22. The largest absolute Gasteiger partial charge is 0.380 e. The second kappa shape index (κ2) is 7.03. The molecule has 2 rings (SSSR count). The van der Waals surface area contributed by atoms with E-state index in [4.69, 9.17) is 22.2 Å². The van der Waals surface area contributed by atoms with E-state index in [1.165, 1.54) is 0 Å². The molecule has 4 N–H and O–H groups in total. The van der Waals surface area contributed by atoms with E-state index < -0.39 is 5.91 Å². The maximum Gasteiger partial charge on any atom is 0.275 e. The molecular weight excluding hydrogens is 292 g/mol. The maximum atomic E-state index is 12.3. The lowest BCUT2D eigenvalue weighted by Crippen LogP contribution is -2.17. The molecule has 0 saturated carbocycles. The number of nitrogen functional groups attached to an aromatic ring is 1. The van der Waals surface area contributed by atoms with Crippen molar-refractivity contribution in [1.29, 1.82) is 0 Å². The first-order valence-electron chi connectivity index (χ1n) is 6.17. The smallest absolute Gasteiger partial charge is 0.275 e. The van der Waals surface area contributed by atoms with Gasteiger partial charge in [0.1, 0.15) is 11.5 Å². The number of hydrogen-bond donors (Lipinski definition) is 3. The van der Waals surface area contributed by atoms with Crippen molar-refractivity contribution in [2.24, 2.45) is 5.84 Å². The highest BCUT2D eigenvalue weighted by atomic mass is 35.5. The number of ether oxygens (including phenoxy) is 1. The topological polar surface area (TPSA) is 89.3 Å². The van der Waals surface area contributed by atoms with Gasteiger partial charge in [0.25, 0.3) is 5.91 Å². The van der Waals surface area contributed by atoms with Gasteiger partial charge in [-0.25, -0.2) is 10.8 Å². The van der Waals surface area contributed by atoms with Gasteiger partial charge in [-0.2, -0.15) is 0 Å². The quantitative estimate of drug-likeness (QED) is 0.583. The highest BCUT2D eigenvalue weighted by molar-refractivity contribution is 6.34. The summed E-state index contributed by atoms with van der Waals surface area (Å²) in [7, 11) is 1.59. The van der Waals surface area contributed by atoms with Crippen LogP contribution in [0.15, 0.2) is 36.4 Å². The zero-order valence-corrected chi connectivity index (χ0v) is 12.1. The first kappa shape index (κ1) is 15.2. The average molecular weight is 307 g/mol. The van der Waals surface area contributed by atoms with Crippen LogP contribution in [0.5, 0.6) is 0 Å². The number of amides is 1. The summed E-state index contributed by atoms with van der Waals surface area (Å²) in [5.41, 5.74) is 3.98. The third kappa shape index (κ3) is 3.69. The maximum absolute atomic E-state index is 12.3. The van der Waals surface area contributed by atoms with Crippen LogP contribution in [0.2, 0.25) is 5.02 Å². The number of para-hydroxylation sites is 1. The van der Waals surface area contributed by atoms with Crippen LogP contribution in [0.25, 0.3) is 0 Å². The molecular formula is C14H15ClN4O2. The van der Waals surface area contributed by atoms with Crippen LogP contribution in [-0.2, 0) is 11.3 Å². The number of hydrogen-bond acceptors (Lipinski definition) is 5. The summed E-state index contributed by atoms with van der Waals surface area (Å²) in [4.78, 5) is 16.3. The minimum atomic E-state index is -0.416. The molecule has 0 atom stereocenters. The van der Waals surface area contributed by atoms with E-state index in [-0.39, 0.29) is 10.7 Å². The number of nitrogens with zero attached hydrogens (tertiary/aromatic N) is 1. The summed E-state index contributed by atoms with van der Waals surface area (Å²) in [5, 5.41) is 3.02. The number of anilines is 2. The van der Waals surface area contributed by atoms with Crippen molar-refractivity contribution in [2.45, 2.75) is 6.61 Å². The summed E-state index contributed by atoms with van der Waals surface area (Å²) >= 11 is 6.00. The number of halogens is 1. The number of carbonyl (C=O) groups is 1. The molecule has 0 saturated heterocycles. The zero-order chi connectivity index (χ0) is 15.2. The Kier molecular flexibility index (Phi) is 5.10. The molecule has 21 heavy (non-hydrogen) atoms. The minimum Gasteiger partial charge on any atom is -0.380 e. The fraction of sp³-hybridized carbons (Fsp3) is 0.143. The van der Waals surface area contributed by atoms with Crippen LogP contribution < -0.4 is 16.6 Å². The molecule has 0 bridgehead atoms. The lowest BCUT2D eigenvalue weighted by Gasteiger charge is -2.11. The highest BCUT2D eigenvalue weighted by Crippen LogP contribution is 2.20. The Balaban J connectivity index is 2.26. The van der Waals surface area contributed by atoms with Crippen molar-refractivity contribution in [3.63, 3.8) is 0 Å². The molecule has 0 radical (unpaired) electrons. The predicted octanol–water partition coefficient (Wildman–Crippen LogP) is 2.42. The van der Waals surface area contributed by atoms with E-state index in [2.05, 4.69) is 15.7 Å². The van der Waals surface area contributed by atoms with Gasteiger partial charge in [0.15, 0.2) is 0 Å². The van der Waals surface area contributed by atoms with Crippen LogP contribution in [0.4, 0.5) is 11.5 Å². The van der Waals surface area contributed by atoms with Gasteiger partial charge in [-0.05, 0) is 18.2 Å². The number of nitrogens with one attached hydrogen (secondary N) is 2. The van der Waals surface area contributed by atoms with E-state index in [0.29, 0.717) is 18.1 Å². The van der Waals surface area contributed by atoms with Crippen LogP contribution in [-0.4, -0.2) is 18.0 Å². The number of methoxy groups -OCH3 is 1. The molecule has 1 aromatic carbocycles. The van der Waals surface area contributed by atoms with Gasteiger partial charge >= 0.3 is 0 Å². The van der Waals surface area contributed by atoms with E-state index in [1.807, 2.05) is 18.2 Å². The summed E-state index contributed by atoms with van der Waals surface area (Å²) in [6.45, 7) is 0.391. The van der Waals surface area contributed by atoms with E-state index in [9.17, 15) is 4.79 Å². The molecule has 110 valence electrons. The van der Waals surface area contributed by atoms with Gasteiger partial charge in [-0.1, -0.05) is 29.8 Å². The third-order valence-electron chi connectivity index (χ3n) is 2.77. The number of hydrazine groups is 1. The number of aromatic nitrogens is 1. The van der Waals surface area contributed by atoms with Crippen molar-refractivity contribution < 1.29 is 9.53 Å². The van der Waals surface area contributed by atoms with Crippen LogP contribution in [0, 0.1) is 0 Å². The molecule has 1 amide bonds. The fourth-order valence-corrected chi connectivity index (χ4v) is 1.98. The molecule has 0 spiro atoms. The van der Waals surface area contributed by atoms with Crippen LogP contribution in [0.1, 0.15) is 16.1 Å². The minimum absolute atomic E-state index is 0.0966. The molecule has 0 aliphatic rings. The first-order valence-corrected chi connectivity index (χ1v) is 6.55. The summed E-state index contributed by atoms with van der Waals surface area (Å²) in [6.07, 6.45) is 0. The Morgan fingerprint density at radius 2 is 2.10 bits per heavy atom. The summed E-state index contributed by atoms with van der Waals surface area (Å²) < 4.78 is 5.10. The van der Waals surface area contributed by atoms with Gasteiger partial charge in [0, 0.05) is 18.4 Å². The van der Waals surface area contributed by atoms with Crippen LogP contribution in [0.3, 0.4) is 0 Å². The number of pyridine rings is 1.